The topological polar surface area (TPSA) is 105 Å². The second-order valence-electron chi connectivity index (χ2n) is 4.38. The summed E-state index contributed by atoms with van der Waals surface area (Å²) in [5, 5.41) is 22.1. The number of benzene rings is 1. The zero-order valence-corrected chi connectivity index (χ0v) is 11.3. The van der Waals surface area contributed by atoms with E-state index in [1.54, 1.807) is 6.92 Å². The minimum absolute atomic E-state index is 0.0272. The smallest absolute Gasteiger partial charge is 0.280 e. The van der Waals surface area contributed by atoms with Gasteiger partial charge in [-0.1, -0.05) is 6.92 Å². The van der Waals surface area contributed by atoms with Crippen LogP contribution in [-0.2, 0) is 0 Å². The summed E-state index contributed by atoms with van der Waals surface area (Å²) in [6, 6.07) is 2.65. The Kier molecular flexibility index (Phi) is 4.06. The number of hydrogen-bond acceptors (Lipinski definition) is 6. The summed E-state index contributed by atoms with van der Waals surface area (Å²) in [5.74, 6) is 0.425. The van der Waals surface area contributed by atoms with Gasteiger partial charge in [0.2, 0.25) is 5.70 Å². The van der Waals surface area contributed by atoms with E-state index in [9.17, 15) is 20.2 Å². The normalized spacial score (nSPS) is 17.4. The van der Waals surface area contributed by atoms with Crippen LogP contribution in [0.2, 0.25) is 0 Å². The third-order valence-electron chi connectivity index (χ3n) is 2.95. The monoisotopic (exact) mass is 293 g/mol. The van der Waals surface area contributed by atoms with Crippen molar-refractivity contribution < 1.29 is 19.3 Å². The molecule has 1 aromatic rings. The molecule has 0 aliphatic carbocycles. The number of ether oxygens (including phenoxy) is 2. The summed E-state index contributed by atoms with van der Waals surface area (Å²) >= 11 is 0. The van der Waals surface area contributed by atoms with Crippen molar-refractivity contribution in [1.29, 1.82) is 0 Å². The average Bonchev–Trinajstić information content (AvgIpc) is 2.43. The largest absolute Gasteiger partial charge is 0.486 e. The highest BCUT2D eigenvalue weighted by Crippen LogP contribution is 2.41. The number of nitro groups is 2. The van der Waals surface area contributed by atoms with Gasteiger partial charge in [0, 0.05) is 18.6 Å². The van der Waals surface area contributed by atoms with Crippen LogP contribution in [0.15, 0.2) is 17.8 Å². The maximum atomic E-state index is 11.1. The fourth-order valence-corrected chi connectivity index (χ4v) is 1.94. The maximum Gasteiger partial charge on any atom is 0.280 e. The van der Waals surface area contributed by atoms with Crippen LogP contribution in [0, 0.1) is 27.2 Å². The van der Waals surface area contributed by atoms with Gasteiger partial charge in [0.15, 0.2) is 11.5 Å². The molecule has 1 atom stereocenters. The Labute approximate surface area is 120 Å². The zero-order valence-electron chi connectivity index (χ0n) is 11.3. The lowest BCUT2D eigenvalue weighted by Crippen LogP contribution is -2.26. The van der Waals surface area contributed by atoms with Crippen LogP contribution in [0.25, 0.3) is 6.08 Å². The Balaban J connectivity index is 2.65. The maximum absolute atomic E-state index is 11.1. The van der Waals surface area contributed by atoms with Gasteiger partial charge in [-0.05, 0) is 13.0 Å². The predicted molar refractivity (Wildman–Crippen MR) is 73.6 cm³/mol. The van der Waals surface area contributed by atoms with Gasteiger partial charge in [0.25, 0.3) is 5.69 Å². The zero-order chi connectivity index (χ0) is 15.6. The molecule has 8 heteroatoms. The molecule has 8 nitrogen and oxygen atoms in total. The third-order valence-corrected chi connectivity index (χ3v) is 2.95. The highest BCUT2D eigenvalue weighted by atomic mass is 16.6. The Bertz CT molecular complexity index is 625. The number of allylic oxidation sites excluding steroid dienone is 1. The van der Waals surface area contributed by atoms with Crippen molar-refractivity contribution in [2.24, 2.45) is 0 Å². The molecule has 0 fully saturated rings. The van der Waals surface area contributed by atoms with Crippen molar-refractivity contribution in [3.8, 4) is 11.5 Å². The first-order chi connectivity index (χ1) is 9.93. The number of hydrogen-bond donors (Lipinski definition) is 0. The van der Waals surface area contributed by atoms with Gasteiger partial charge >= 0.3 is 0 Å². The molecule has 2 rings (SSSR count). The van der Waals surface area contributed by atoms with Gasteiger partial charge in [-0.3, -0.25) is 20.2 Å². The van der Waals surface area contributed by atoms with Gasteiger partial charge in [0.1, 0.15) is 18.3 Å². The van der Waals surface area contributed by atoms with Gasteiger partial charge in [0.05, 0.1) is 9.85 Å². The third kappa shape index (κ3) is 2.93. The van der Waals surface area contributed by atoms with Crippen LogP contribution in [-0.4, -0.2) is 22.6 Å². The summed E-state index contributed by atoms with van der Waals surface area (Å²) in [5.41, 5.74) is -0.403. The lowest BCUT2D eigenvalue weighted by Gasteiger charge is -2.24. The van der Waals surface area contributed by atoms with Crippen LogP contribution in [0.3, 0.4) is 0 Å². The summed E-state index contributed by atoms with van der Waals surface area (Å²) in [6.45, 7) is 5.48. The molecule has 1 aliphatic heterocycles. The SMILES string of the molecule is [CH2][C@@H]1COc2ccc([N+](=O)[O-])c(/C=C(\CC)[N+](=O)[O-])c2O1. The summed E-state index contributed by atoms with van der Waals surface area (Å²) < 4.78 is 10.8. The fourth-order valence-electron chi connectivity index (χ4n) is 1.94. The molecular weight excluding hydrogens is 280 g/mol. The first-order valence-electron chi connectivity index (χ1n) is 6.23. The van der Waals surface area contributed by atoms with Crippen LogP contribution in [0.1, 0.15) is 18.9 Å². The number of rotatable bonds is 4. The molecule has 0 amide bonds. The first-order valence-corrected chi connectivity index (χ1v) is 6.23. The molecule has 1 heterocycles. The molecule has 21 heavy (non-hydrogen) atoms. The van der Waals surface area contributed by atoms with E-state index in [0.717, 1.165) is 6.08 Å². The lowest BCUT2D eigenvalue weighted by atomic mass is 10.1. The molecule has 0 saturated heterocycles. The second-order valence-corrected chi connectivity index (χ2v) is 4.38. The Morgan fingerprint density at radius 2 is 2.19 bits per heavy atom. The van der Waals surface area contributed by atoms with E-state index >= 15 is 0 Å². The molecule has 0 saturated carbocycles. The average molecular weight is 293 g/mol. The van der Waals surface area contributed by atoms with Gasteiger partial charge in [-0.2, -0.15) is 0 Å². The van der Waals surface area contributed by atoms with Crippen molar-refractivity contribution in [2.75, 3.05) is 6.61 Å². The highest BCUT2D eigenvalue weighted by Gasteiger charge is 2.28. The summed E-state index contributed by atoms with van der Waals surface area (Å²) in [4.78, 5) is 20.9. The molecule has 0 bridgehead atoms. The second kappa shape index (κ2) is 5.78. The number of nitrogens with zero attached hydrogens (tertiary/aromatic N) is 2. The van der Waals surface area contributed by atoms with Crippen molar-refractivity contribution in [2.45, 2.75) is 19.4 Å². The van der Waals surface area contributed by atoms with E-state index in [4.69, 9.17) is 9.47 Å². The number of nitro benzene ring substituents is 1. The van der Waals surface area contributed by atoms with Crippen molar-refractivity contribution in [3.05, 3.63) is 50.5 Å². The van der Waals surface area contributed by atoms with E-state index in [2.05, 4.69) is 6.92 Å². The molecule has 0 aromatic heterocycles. The highest BCUT2D eigenvalue weighted by molar-refractivity contribution is 5.72. The minimum atomic E-state index is -0.616. The van der Waals surface area contributed by atoms with Crippen molar-refractivity contribution in [3.63, 3.8) is 0 Å². The van der Waals surface area contributed by atoms with E-state index in [1.807, 2.05) is 0 Å². The van der Waals surface area contributed by atoms with Crippen LogP contribution in [0.4, 0.5) is 5.69 Å². The van der Waals surface area contributed by atoms with Crippen LogP contribution >= 0.6 is 0 Å². The van der Waals surface area contributed by atoms with E-state index in [-0.39, 0.29) is 35.7 Å². The molecule has 1 aliphatic rings. The standard InChI is InChI=1S/C13H13N2O6/c1-3-9(14(16)17)6-10-11(15(18)19)4-5-12-13(10)21-8(2)7-20-12/h4-6,8H,2-3,7H2,1H3/b9-6+/t8-/m1/s1. The van der Waals surface area contributed by atoms with Gasteiger partial charge in [-0.15, -0.1) is 0 Å². The van der Waals surface area contributed by atoms with E-state index in [1.165, 1.54) is 12.1 Å². The molecule has 1 radical (unpaired) electrons. The Morgan fingerprint density at radius 1 is 1.48 bits per heavy atom. The number of fused-ring (bicyclic) bond motifs is 1. The van der Waals surface area contributed by atoms with Crippen molar-refractivity contribution >= 4 is 11.8 Å². The van der Waals surface area contributed by atoms with Crippen LogP contribution < -0.4 is 9.47 Å². The Morgan fingerprint density at radius 3 is 2.76 bits per heavy atom. The molecular formula is C13H13N2O6. The molecule has 0 spiro atoms. The summed E-state index contributed by atoms with van der Waals surface area (Å²) in [7, 11) is 0. The lowest BCUT2D eigenvalue weighted by molar-refractivity contribution is -0.425. The van der Waals surface area contributed by atoms with E-state index in [0.29, 0.717) is 5.75 Å². The minimum Gasteiger partial charge on any atom is -0.486 e. The molecule has 111 valence electrons. The molecule has 0 unspecified atom stereocenters. The fraction of sp³-hybridized carbons (Fsp3) is 0.308. The predicted octanol–water partition coefficient (Wildman–Crippen LogP) is 2.60. The van der Waals surface area contributed by atoms with E-state index < -0.39 is 16.0 Å². The first kappa shape index (κ1) is 14.8. The summed E-state index contributed by atoms with van der Waals surface area (Å²) in [6.07, 6.45) is 0.744. The Hall–Kier alpha value is -2.64. The van der Waals surface area contributed by atoms with Gasteiger partial charge < -0.3 is 9.47 Å². The quantitative estimate of drug-likeness (QED) is 0.624. The van der Waals surface area contributed by atoms with Gasteiger partial charge in [-0.25, -0.2) is 0 Å². The van der Waals surface area contributed by atoms with Crippen molar-refractivity contribution in [1.82, 2.24) is 0 Å². The van der Waals surface area contributed by atoms with Crippen LogP contribution in [0.5, 0.6) is 11.5 Å². The molecule has 1 aromatic carbocycles. The molecule has 0 N–H and O–H groups in total.